The summed E-state index contributed by atoms with van der Waals surface area (Å²) in [5.41, 5.74) is 1.93. The van der Waals surface area contributed by atoms with E-state index in [1.807, 2.05) is 6.07 Å². The van der Waals surface area contributed by atoms with Gasteiger partial charge in [-0.15, -0.1) is 0 Å². The van der Waals surface area contributed by atoms with Crippen LogP contribution in [0.15, 0.2) is 48.5 Å². The highest BCUT2D eigenvalue weighted by Crippen LogP contribution is 2.29. The van der Waals surface area contributed by atoms with Crippen LogP contribution in [0.4, 0.5) is 16.2 Å². The largest absolute Gasteiger partial charge is 0.493 e. The summed E-state index contributed by atoms with van der Waals surface area (Å²) in [6.07, 6.45) is 0. The van der Waals surface area contributed by atoms with E-state index in [4.69, 9.17) is 9.47 Å². The Kier molecular flexibility index (Phi) is 6.97. The van der Waals surface area contributed by atoms with Gasteiger partial charge in [0, 0.05) is 56.7 Å². The number of methoxy groups -OCH3 is 2. The standard InChI is InChI=1S/C21H28N4O3/c1-27-19-9-8-17(16-20(19)28-2)23-21(26)22-10-11-24-12-14-25(15-13-24)18-6-4-3-5-7-18/h3-9,16H,10-15H2,1-2H3,(H2,22,23,26). The van der Waals surface area contributed by atoms with Crippen molar-refractivity contribution in [1.82, 2.24) is 10.2 Å². The Morgan fingerprint density at radius 3 is 2.36 bits per heavy atom. The lowest BCUT2D eigenvalue weighted by molar-refractivity contribution is 0.240. The lowest BCUT2D eigenvalue weighted by atomic mass is 10.2. The average molecular weight is 384 g/mol. The topological polar surface area (TPSA) is 66.1 Å². The van der Waals surface area contributed by atoms with Crippen molar-refractivity contribution in [3.8, 4) is 11.5 Å². The van der Waals surface area contributed by atoms with E-state index in [2.05, 4.69) is 44.7 Å². The first-order valence-corrected chi connectivity index (χ1v) is 9.49. The van der Waals surface area contributed by atoms with Crippen molar-refractivity contribution in [2.24, 2.45) is 0 Å². The molecule has 2 amide bonds. The van der Waals surface area contributed by atoms with E-state index >= 15 is 0 Å². The number of benzene rings is 2. The van der Waals surface area contributed by atoms with Crippen LogP contribution in [-0.4, -0.2) is 64.4 Å². The van der Waals surface area contributed by atoms with Gasteiger partial charge in [0.1, 0.15) is 0 Å². The third kappa shape index (κ3) is 5.29. The molecule has 1 aliphatic rings. The number of rotatable bonds is 7. The van der Waals surface area contributed by atoms with Gasteiger partial charge in [0.15, 0.2) is 11.5 Å². The zero-order valence-electron chi connectivity index (χ0n) is 16.5. The summed E-state index contributed by atoms with van der Waals surface area (Å²) in [6.45, 7) is 5.43. The second-order valence-corrected chi connectivity index (χ2v) is 6.61. The Morgan fingerprint density at radius 2 is 1.68 bits per heavy atom. The molecular formula is C21H28N4O3. The molecule has 1 heterocycles. The predicted octanol–water partition coefficient (Wildman–Crippen LogP) is 2.65. The van der Waals surface area contributed by atoms with Gasteiger partial charge in [-0.2, -0.15) is 0 Å². The molecule has 7 nitrogen and oxygen atoms in total. The number of carbonyl (C=O) groups excluding carboxylic acids is 1. The zero-order chi connectivity index (χ0) is 19.8. The number of hydrogen-bond donors (Lipinski definition) is 2. The fourth-order valence-corrected chi connectivity index (χ4v) is 3.29. The van der Waals surface area contributed by atoms with E-state index in [1.165, 1.54) is 5.69 Å². The highest BCUT2D eigenvalue weighted by atomic mass is 16.5. The molecule has 2 aromatic carbocycles. The van der Waals surface area contributed by atoms with Crippen molar-refractivity contribution in [2.45, 2.75) is 0 Å². The Bertz CT molecular complexity index is 762. The molecule has 0 bridgehead atoms. The quantitative estimate of drug-likeness (QED) is 0.768. The fraction of sp³-hybridized carbons (Fsp3) is 0.381. The number of ether oxygens (including phenoxy) is 2. The molecule has 0 spiro atoms. The summed E-state index contributed by atoms with van der Waals surface area (Å²) in [5, 5.41) is 5.73. The molecule has 0 radical (unpaired) electrons. The Labute approximate surface area is 166 Å². The molecule has 1 aliphatic heterocycles. The maximum atomic E-state index is 12.1. The minimum Gasteiger partial charge on any atom is -0.493 e. The summed E-state index contributed by atoms with van der Waals surface area (Å²) in [5.74, 6) is 1.21. The smallest absolute Gasteiger partial charge is 0.319 e. The van der Waals surface area contributed by atoms with Gasteiger partial charge in [-0.3, -0.25) is 4.90 Å². The lowest BCUT2D eigenvalue weighted by Crippen LogP contribution is -2.48. The number of nitrogens with zero attached hydrogens (tertiary/aromatic N) is 2. The Morgan fingerprint density at radius 1 is 0.964 bits per heavy atom. The van der Waals surface area contributed by atoms with Crippen LogP contribution in [0, 0.1) is 0 Å². The van der Waals surface area contributed by atoms with Gasteiger partial charge in [-0.1, -0.05) is 18.2 Å². The number of urea groups is 1. The summed E-state index contributed by atoms with van der Waals surface area (Å²) in [6, 6.07) is 15.5. The summed E-state index contributed by atoms with van der Waals surface area (Å²) in [7, 11) is 3.15. The molecule has 0 saturated carbocycles. The van der Waals surface area contributed by atoms with Crippen LogP contribution >= 0.6 is 0 Å². The lowest BCUT2D eigenvalue weighted by Gasteiger charge is -2.36. The van der Waals surface area contributed by atoms with Crippen LogP contribution in [-0.2, 0) is 0 Å². The SMILES string of the molecule is COc1ccc(NC(=O)NCCN2CCN(c3ccccc3)CC2)cc1OC. The zero-order valence-corrected chi connectivity index (χ0v) is 16.5. The molecule has 2 N–H and O–H groups in total. The van der Waals surface area contributed by atoms with E-state index in [9.17, 15) is 4.79 Å². The molecule has 0 aromatic heterocycles. The van der Waals surface area contributed by atoms with Crippen LogP contribution in [0.1, 0.15) is 0 Å². The normalized spacial score (nSPS) is 14.4. The molecule has 1 fully saturated rings. The number of para-hydroxylation sites is 1. The van der Waals surface area contributed by atoms with Crippen molar-refractivity contribution in [3.05, 3.63) is 48.5 Å². The molecular weight excluding hydrogens is 356 g/mol. The highest BCUT2D eigenvalue weighted by Gasteiger charge is 2.16. The molecule has 150 valence electrons. The molecule has 0 aliphatic carbocycles. The molecule has 1 saturated heterocycles. The monoisotopic (exact) mass is 384 g/mol. The maximum absolute atomic E-state index is 12.1. The van der Waals surface area contributed by atoms with E-state index in [1.54, 1.807) is 32.4 Å². The third-order valence-corrected chi connectivity index (χ3v) is 4.85. The van der Waals surface area contributed by atoms with E-state index in [-0.39, 0.29) is 6.03 Å². The molecule has 7 heteroatoms. The molecule has 28 heavy (non-hydrogen) atoms. The molecule has 3 rings (SSSR count). The minimum atomic E-state index is -0.227. The number of anilines is 2. The second-order valence-electron chi connectivity index (χ2n) is 6.61. The summed E-state index contributed by atoms with van der Waals surface area (Å²) >= 11 is 0. The van der Waals surface area contributed by atoms with Crippen molar-refractivity contribution < 1.29 is 14.3 Å². The molecule has 0 unspecified atom stereocenters. The first kappa shape index (κ1) is 19.8. The van der Waals surface area contributed by atoms with Crippen molar-refractivity contribution in [1.29, 1.82) is 0 Å². The number of carbonyl (C=O) groups is 1. The van der Waals surface area contributed by atoms with Crippen molar-refractivity contribution in [2.75, 3.05) is 63.7 Å². The van der Waals surface area contributed by atoms with Crippen molar-refractivity contribution >= 4 is 17.4 Å². The summed E-state index contributed by atoms with van der Waals surface area (Å²) < 4.78 is 10.5. The van der Waals surface area contributed by atoms with Gasteiger partial charge >= 0.3 is 6.03 Å². The first-order valence-electron chi connectivity index (χ1n) is 9.49. The molecule has 0 atom stereocenters. The van der Waals surface area contributed by atoms with E-state index in [0.717, 1.165) is 32.7 Å². The maximum Gasteiger partial charge on any atom is 0.319 e. The number of piperazine rings is 1. The van der Waals surface area contributed by atoms with Gasteiger partial charge in [0.25, 0.3) is 0 Å². The van der Waals surface area contributed by atoms with Crippen molar-refractivity contribution in [3.63, 3.8) is 0 Å². The van der Waals surface area contributed by atoms with E-state index in [0.29, 0.717) is 23.7 Å². The number of amides is 2. The van der Waals surface area contributed by atoms with E-state index < -0.39 is 0 Å². The molecule has 2 aromatic rings. The van der Waals surface area contributed by atoms with Crippen LogP contribution in [0.25, 0.3) is 0 Å². The third-order valence-electron chi connectivity index (χ3n) is 4.85. The van der Waals surface area contributed by atoms with Crippen LogP contribution < -0.4 is 25.0 Å². The summed E-state index contributed by atoms with van der Waals surface area (Å²) in [4.78, 5) is 16.9. The Balaban J connectivity index is 1.38. The Hall–Kier alpha value is -2.93. The van der Waals surface area contributed by atoms with Crippen LogP contribution in [0.5, 0.6) is 11.5 Å². The van der Waals surface area contributed by atoms with Gasteiger partial charge in [0.2, 0.25) is 0 Å². The number of hydrogen-bond acceptors (Lipinski definition) is 5. The van der Waals surface area contributed by atoms with Crippen LogP contribution in [0.2, 0.25) is 0 Å². The minimum absolute atomic E-state index is 0.227. The van der Waals surface area contributed by atoms with Gasteiger partial charge < -0.3 is 25.0 Å². The predicted molar refractivity (Wildman–Crippen MR) is 112 cm³/mol. The second kappa shape index (κ2) is 9.85. The fourth-order valence-electron chi connectivity index (χ4n) is 3.29. The van der Waals surface area contributed by atoms with Gasteiger partial charge in [-0.25, -0.2) is 4.79 Å². The number of nitrogens with one attached hydrogen (secondary N) is 2. The van der Waals surface area contributed by atoms with Crippen LogP contribution in [0.3, 0.4) is 0 Å². The average Bonchev–Trinajstić information content (AvgIpc) is 2.74. The van der Waals surface area contributed by atoms with Gasteiger partial charge in [-0.05, 0) is 24.3 Å². The highest BCUT2D eigenvalue weighted by molar-refractivity contribution is 5.89. The van der Waals surface area contributed by atoms with Gasteiger partial charge in [0.05, 0.1) is 14.2 Å². The first-order chi connectivity index (χ1) is 13.7.